The maximum Gasteiger partial charge on any atom is 0.231 e. The zero-order valence-corrected chi connectivity index (χ0v) is 22.0. The van der Waals surface area contributed by atoms with E-state index in [2.05, 4.69) is 69.2 Å². The van der Waals surface area contributed by atoms with Crippen molar-refractivity contribution in [3.05, 3.63) is 75.9 Å². The molecule has 174 valence electrons. The summed E-state index contributed by atoms with van der Waals surface area (Å²) < 4.78 is 26.2. The van der Waals surface area contributed by atoms with E-state index in [4.69, 9.17) is 18.9 Å². The van der Waals surface area contributed by atoms with E-state index in [1.807, 2.05) is 6.07 Å². The number of halogens is 2. The van der Waals surface area contributed by atoms with Gasteiger partial charge in [0.15, 0.2) is 35.7 Å². The van der Waals surface area contributed by atoms with Crippen molar-refractivity contribution in [2.45, 2.75) is 19.4 Å². The molecule has 0 bridgehead atoms. The molecule has 0 N–H and O–H groups in total. The molecule has 5 nitrogen and oxygen atoms in total. The van der Waals surface area contributed by atoms with Crippen molar-refractivity contribution in [2.75, 3.05) is 21.0 Å². The maximum atomic E-state index is 5.81. The van der Waals surface area contributed by atoms with Crippen LogP contribution < -0.4 is 40.5 Å². The van der Waals surface area contributed by atoms with E-state index >= 15 is 0 Å². The van der Waals surface area contributed by atoms with Crippen LogP contribution in [0.2, 0.25) is 0 Å². The fraction of sp³-hybridized carbons (Fsp3) is 0.222. The number of pyridine rings is 1. The lowest BCUT2D eigenvalue weighted by Gasteiger charge is -2.21. The van der Waals surface area contributed by atoms with Crippen LogP contribution in [0.15, 0.2) is 59.2 Å². The molecule has 0 radical (unpaired) electrons. The van der Waals surface area contributed by atoms with Crippen LogP contribution in [0, 0.1) is 0 Å². The van der Waals surface area contributed by atoms with Gasteiger partial charge in [-0.2, -0.15) is 4.57 Å². The number of benzene rings is 3. The second-order valence-electron chi connectivity index (χ2n) is 8.33. The maximum absolute atomic E-state index is 5.81. The fourth-order valence-electron chi connectivity index (χ4n) is 4.99. The topological polar surface area (TPSA) is 40.8 Å². The normalized spacial score (nSPS) is 13.1. The molecule has 0 fully saturated rings. The average Bonchev–Trinajstić information content (AvgIpc) is 3.30. The molecule has 34 heavy (non-hydrogen) atoms. The molecule has 1 aromatic heterocycles. The Morgan fingerprint density at radius 2 is 1.71 bits per heavy atom. The Hall–Kier alpha value is -2.77. The van der Waals surface area contributed by atoms with Crippen LogP contribution in [-0.2, 0) is 19.4 Å². The Morgan fingerprint density at radius 3 is 2.44 bits per heavy atom. The lowest BCUT2D eigenvalue weighted by molar-refractivity contribution is -0.686. The van der Waals surface area contributed by atoms with E-state index in [9.17, 15) is 0 Å². The van der Waals surface area contributed by atoms with Gasteiger partial charge in [0.25, 0.3) is 0 Å². The highest BCUT2D eigenvalue weighted by molar-refractivity contribution is 9.10. The number of ether oxygens (including phenoxy) is 4. The number of fused-ring (bicyclic) bond motifs is 5. The van der Waals surface area contributed by atoms with Crippen LogP contribution in [0.3, 0.4) is 0 Å². The smallest absolute Gasteiger partial charge is 0.231 e. The number of hydrogen-bond acceptors (Lipinski definition) is 4. The quantitative estimate of drug-likeness (QED) is 0.346. The van der Waals surface area contributed by atoms with Crippen LogP contribution in [0.5, 0.6) is 23.0 Å². The lowest BCUT2D eigenvalue weighted by atomic mass is 9.88. The van der Waals surface area contributed by atoms with Crippen molar-refractivity contribution in [2.24, 2.45) is 0 Å². The van der Waals surface area contributed by atoms with Gasteiger partial charge >= 0.3 is 0 Å². The molecule has 0 amide bonds. The Kier molecular flexibility index (Phi) is 6.16. The number of methoxy groups -OCH3 is 2. The van der Waals surface area contributed by atoms with E-state index in [1.165, 1.54) is 27.9 Å². The van der Waals surface area contributed by atoms with Gasteiger partial charge < -0.3 is 35.9 Å². The van der Waals surface area contributed by atoms with Crippen LogP contribution in [0.4, 0.5) is 0 Å². The summed E-state index contributed by atoms with van der Waals surface area (Å²) in [6, 6.07) is 16.9. The van der Waals surface area contributed by atoms with Crippen molar-refractivity contribution < 1.29 is 40.5 Å². The Balaban J connectivity index is 0.00000241. The molecular formula is C27H23Br2NO4. The molecule has 7 heteroatoms. The molecule has 0 saturated carbocycles. The third-order valence-electron chi connectivity index (χ3n) is 6.54. The summed E-state index contributed by atoms with van der Waals surface area (Å²) in [5, 5.41) is 2.21. The van der Waals surface area contributed by atoms with Crippen LogP contribution in [0.25, 0.3) is 22.0 Å². The van der Waals surface area contributed by atoms with Gasteiger partial charge in [-0.05, 0) is 47.5 Å². The van der Waals surface area contributed by atoms with Crippen molar-refractivity contribution in [1.82, 2.24) is 0 Å². The summed E-state index contributed by atoms with van der Waals surface area (Å²) in [7, 11) is 3.38. The Labute approximate surface area is 217 Å². The summed E-state index contributed by atoms with van der Waals surface area (Å²) in [4.78, 5) is 0. The monoisotopic (exact) mass is 583 g/mol. The van der Waals surface area contributed by atoms with Gasteiger partial charge in [-0.15, -0.1) is 0 Å². The van der Waals surface area contributed by atoms with Gasteiger partial charge in [-0.3, -0.25) is 0 Å². The highest BCUT2D eigenvalue weighted by Gasteiger charge is 2.32. The zero-order valence-electron chi connectivity index (χ0n) is 18.9. The second-order valence-corrected chi connectivity index (χ2v) is 9.24. The second kappa shape index (κ2) is 9.12. The fourth-order valence-corrected chi connectivity index (χ4v) is 5.26. The average molecular weight is 585 g/mol. The molecule has 0 spiro atoms. The molecule has 6 rings (SSSR count). The van der Waals surface area contributed by atoms with Gasteiger partial charge in [-0.25, -0.2) is 0 Å². The molecule has 4 aromatic rings. The van der Waals surface area contributed by atoms with Gasteiger partial charge in [0.05, 0.1) is 25.2 Å². The molecule has 0 unspecified atom stereocenters. The number of aryl methyl sites for hydroxylation is 2. The minimum absolute atomic E-state index is 0. The first kappa shape index (κ1) is 23.0. The summed E-state index contributed by atoms with van der Waals surface area (Å²) in [6.45, 7) is 1.16. The largest absolute Gasteiger partial charge is 1.00 e. The number of hydrogen-bond donors (Lipinski definition) is 0. The van der Waals surface area contributed by atoms with Crippen LogP contribution in [0.1, 0.15) is 16.7 Å². The van der Waals surface area contributed by atoms with Crippen molar-refractivity contribution in [3.63, 3.8) is 0 Å². The highest BCUT2D eigenvalue weighted by atomic mass is 79.9. The van der Waals surface area contributed by atoms with Crippen molar-refractivity contribution in [1.29, 1.82) is 0 Å². The molecule has 0 aliphatic carbocycles. The predicted molar refractivity (Wildman–Crippen MR) is 129 cm³/mol. The van der Waals surface area contributed by atoms with Crippen molar-refractivity contribution in [3.8, 4) is 34.3 Å². The minimum atomic E-state index is 0. The summed E-state index contributed by atoms with van der Waals surface area (Å²) >= 11 is 3.56. The third kappa shape index (κ3) is 3.71. The van der Waals surface area contributed by atoms with E-state index in [0.29, 0.717) is 0 Å². The minimum Gasteiger partial charge on any atom is -1.00 e. The molecule has 3 aromatic carbocycles. The first-order valence-electron chi connectivity index (χ1n) is 10.9. The van der Waals surface area contributed by atoms with Gasteiger partial charge in [0.1, 0.15) is 0 Å². The lowest BCUT2D eigenvalue weighted by Crippen LogP contribution is -3.00. The molecule has 3 heterocycles. The summed E-state index contributed by atoms with van der Waals surface area (Å²) in [6.07, 6.45) is 3.92. The van der Waals surface area contributed by atoms with Crippen LogP contribution in [-0.4, -0.2) is 21.0 Å². The number of nitrogens with zero attached hydrogens (tertiary/aromatic N) is 1. The number of aromatic nitrogens is 1. The predicted octanol–water partition coefficient (Wildman–Crippen LogP) is 2.45. The zero-order chi connectivity index (χ0) is 22.5. The van der Waals surface area contributed by atoms with Crippen molar-refractivity contribution >= 4 is 26.7 Å². The molecule has 0 saturated heterocycles. The molecule has 2 aliphatic rings. The van der Waals surface area contributed by atoms with Gasteiger partial charge in [-0.1, -0.05) is 28.1 Å². The van der Waals surface area contributed by atoms with Crippen LogP contribution >= 0.6 is 15.9 Å². The highest BCUT2D eigenvalue weighted by Crippen LogP contribution is 2.44. The standard InChI is InChI=1S/C27H23BrNO4.BrH/c1-30-23-8-7-19-21(11-16-3-5-18(28)6-4-16)26-20-13-25-24(32-15-33-25)12-17(20)9-10-29(26)14-22(19)27(23)31-2;/h3-8,12-14H,9-11,15H2,1-2H3;1H/q+1;/p-1. The van der Waals surface area contributed by atoms with Gasteiger partial charge in [0, 0.05) is 28.3 Å². The van der Waals surface area contributed by atoms with E-state index in [1.54, 1.807) is 14.2 Å². The summed E-state index contributed by atoms with van der Waals surface area (Å²) in [5.74, 6) is 3.15. The van der Waals surface area contributed by atoms with Gasteiger partial charge in [0.2, 0.25) is 12.5 Å². The number of rotatable bonds is 4. The first-order chi connectivity index (χ1) is 16.2. The van der Waals surface area contributed by atoms with E-state index in [-0.39, 0.29) is 23.8 Å². The molecule has 0 atom stereocenters. The Bertz CT molecular complexity index is 1400. The van der Waals surface area contributed by atoms with E-state index < -0.39 is 0 Å². The molecule has 2 aliphatic heterocycles. The Morgan fingerprint density at radius 1 is 0.941 bits per heavy atom. The molecular weight excluding hydrogens is 562 g/mol. The first-order valence-corrected chi connectivity index (χ1v) is 11.7. The third-order valence-corrected chi connectivity index (χ3v) is 7.07. The SMILES string of the molecule is COc1ccc2c(Cc3ccc(Br)cc3)c3[n+](cc2c1OC)CCc1cc2c(cc1-3)OCO2.[Br-]. The summed E-state index contributed by atoms with van der Waals surface area (Å²) in [5.41, 5.74) is 6.22. The van der Waals surface area contributed by atoms with E-state index in [0.717, 1.165) is 57.6 Å².